The maximum atomic E-state index is 10.9. The van der Waals surface area contributed by atoms with Gasteiger partial charge in [-0.1, -0.05) is 0 Å². The van der Waals surface area contributed by atoms with Gasteiger partial charge >= 0.3 is 5.97 Å². The predicted octanol–water partition coefficient (Wildman–Crippen LogP) is 3.36. The van der Waals surface area contributed by atoms with Gasteiger partial charge in [0.1, 0.15) is 0 Å². The maximum Gasteiger partial charge on any atom is 0.344 e. The van der Waals surface area contributed by atoms with Crippen LogP contribution in [0.25, 0.3) is 0 Å². The highest BCUT2D eigenvalue weighted by molar-refractivity contribution is 5.83. The quantitative estimate of drug-likeness (QED) is 0.781. The van der Waals surface area contributed by atoms with Crippen molar-refractivity contribution in [1.82, 2.24) is 0 Å². The lowest BCUT2D eigenvalue weighted by Crippen LogP contribution is -2.23. The van der Waals surface area contributed by atoms with E-state index < -0.39 is 12.1 Å². The molecule has 0 saturated carbocycles. The molecule has 132 valence electrons. The first-order valence-corrected chi connectivity index (χ1v) is 7.79. The van der Waals surface area contributed by atoms with Crippen molar-refractivity contribution >= 4 is 23.6 Å². The average molecular weight is 342 g/mol. The van der Waals surface area contributed by atoms with Gasteiger partial charge in [-0.2, -0.15) is 0 Å². The molecule has 2 rings (SSSR count). The van der Waals surface area contributed by atoms with Gasteiger partial charge in [-0.05, 0) is 55.0 Å². The summed E-state index contributed by atoms with van der Waals surface area (Å²) in [5.41, 5.74) is 2.77. The summed E-state index contributed by atoms with van der Waals surface area (Å²) in [6.07, 6.45) is 0.765. The van der Waals surface area contributed by atoms with E-state index in [2.05, 4.69) is 4.99 Å². The zero-order chi connectivity index (χ0) is 18.4. The number of carbonyl (C=O) groups is 1. The molecule has 0 amide bonds. The molecule has 0 aromatic heterocycles. The van der Waals surface area contributed by atoms with Crippen molar-refractivity contribution in [3.63, 3.8) is 0 Å². The summed E-state index contributed by atoms with van der Waals surface area (Å²) in [6, 6.07) is 13.1. The fraction of sp³-hybridized carbons (Fsp3) is 0.263. The molecule has 0 aliphatic heterocycles. The number of aliphatic imine (C=N–C) groups is 1. The van der Waals surface area contributed by atoms with Crippen molar-refractivity contribution in [2.75, 3.05) is 26.1 Å². The Morgan fingerprint density at radius 2 is 1.84 bits per heavy atom. The Hall–Kier alpha value is -3.02. The zero-order valence-corrected chi connectivity index (χ0v) is 14.8. The molecule has 2 aromatic rings. The van der Waals surface area contributed by atoms with Gasteiger partial charge in [-0.15, -0.1) is 0 Å². The second kappa shape index (κ2) is 8.19. The van der Waals surface area contributed by atoms with E-state index in [0.29, 0.717) is 11.5 Å². The van der Waals surface area contributed by atoms with Crippen LogP contribution in [0.1, 0.15) is 12.5 Å². The Balaban J connectivity index is 2.15. The van der Waals surface area contributed by atoms with E-state index in [1.54, 1.807) is 24.4 Å². The van der Waals surface area contributed by atoms with Crippen molar-refractivity contribution in [2.45, 2.75) is 13.0 Å². The summed E-state index contributed by atoms with van der Waals surface area (Å²) >= 11 is 0. The number of rotatable bonds is 7. The number of hydrogen-bond acceptors (Lipinski definition) is 5. The molecule has 0 unspecified atom stereocenters. The molecule has 2 aromatic carbocycles. The minimum Gasteiger partial charge on any atom is -0.493 e. The van der Waals surface area contributed by atoms with Crippen LogP contribution in [-0.2, 0) is 4.79 Å². The number of ether oxygens (including phenoxy) is 2. The fourth-order valence-electron chi connectivity index (χ4n) is 2.09. The molecule has 0 heterocycles. The van der Waals surface area contributed by atoms with Crippen molar-refractivity contribution in [1.29, 1.82) is 0 Å². The summed E-state index contributed by atoms with van der Waals surface area (Å²) in [5.74, 6) is -0.196. The molecule has 0 spiro atoms. The van der Waals surface area contributed by atoms with Crippen LogP contribution in [0.3, 0.4) is 0 Å². The second-order valence-corrected chi connectivity index (χ2v) is 5.68. The molecular weight excluding hydrogens is 320 g/mol. The van der Waals surface area contributed by atoms with Gasteiger partial charge in [0.15, 0.2) is 17.6 Å². The summed E-state index contributed by atoms with van der Waals surface area (Å²) in [7, 11) is 5.48. The molecular formula is C19H22N2O4. The molecule has 0 saturated heterocycles. The Morgan fingerprint density at radius 1 is 1.16 bits per heavy atom. The minimum absolute atomic E-state index is 0.380. The van der Waals surface area contributed by atoms with E-state index in [-0.39, 0.29) is 0 Å². The van der Waals surface area contributed by atoms with E-state index in [0.717, 1.165) is 16.9 Å². The van der Waals surface area contributed by atoms with Gasteiger partial charge in [0, 0.05) is 26.0 Å². The molecule has 0 bridgehead atoms. The second-order valence-electron chi connectivity index (χ2n) is 5.68. The Kier molecular flexibility index (Phi) is 6.00. The Labute approximate surface area is 147 Å². The molecule has 1 atom stereocenters. The SMILES string of the molecule is COc1cc(C=Nc2ccc(N(C)C)cc2)ccc1O[C@@H](C)C(=O)O. The van der Waals surface area contributed by atoms with E-state index in [9.17, 15) is 4.79 Å². The monoisotopic (exact) mass is 342 g/mol. The lowest BCUT2D eigenvalue weighted by atomic mass is 10.2. The van der Waals surface area contributed by atoms with E-state index in [4.69, 9.17) is 14.6 Å². The molecule has 0 radical (unpaired) electrons. The smallest absolute Gasteiger partial charge is 0.344 e. The van der Waals surface area contributed by atoms with Gasteiger partial charge in [-0.25, -0.2) is 4.79 Å². The van der Waals surface area contributed by atoms with Crippen molar-refractivity contribution in [2.24, 2.45) is 4.99 Å². The van der Waals surface area contributed by atoms with E-state index in [1.807, 2.05) is 43.3 Å². The predicted molar refractivity (Wildman–Crippen MR) is 98.7 cm³/mol. The third-order valence-corrected chi connectivity index (χ3v) is 3.57. The standard InChI is InChI=1S/C19H22N2O4/c1-13(19(22)23)25-17-10-5-14(11-18(17)24-4)12-20-15-6-8-16(9-7-15)21(2)3/h5-13H,1-4H3,(H,22,23)/t13-/m0/s1. The summed E-state index contributed by atoms with van der Waals surface area (Å²) in [5, 5.41) is 8.94. The molecule has 0 fully saturated rings. The number of anilines is 1. The molecule has 0 aliphatic rings. The lowest BCUT2D eigenvalue weighted by molar-refractivity contribution is -0.144. The van der Waals surface area contributed by atoms with Crippen LogP contribution in [0.2, 0.25) is 0 Å². The van der Waals surface area contributed by atoms with Gasteiger partial charge in [0.2, 0.25) is 0 Å². The third kappa shape index (κ3) is 4.97. The average Bonchev–Trinajstić information content (AvgIpc) is 2.60. The minimum atomic E-state index is -1.03. The van der Waals surface area contributed by atoms with E-state index >= 15 is 0 Å². The molecule has 0 aliphatic carbocycles. The first-order chi connectivity index (χ1) is 11.9. The van der Waals surface area contributed by atoms with Crippen LogP contribution in [0.5, 0.6) is 11.5 Å². The van der Waals surface area contributed by atoms with Crippen LogP contribution < -0.4 is 14.4 Å². The summed E-state index contributed by atoms with van der Waals surface area (Å²) in [6.45, 7) is 1.47. The lowest BCUT2D eigenvalue weighted by Gasteiger charge is -2.14. The molecule has 1 N–H and O–H groups in total. The number of nitrogens with zero attached hydrogens (tertiary/aromatic N) is 2. The largest absolute Gasteiger partial charge is 0.493 e. The fourth-order valence-corrected chi connectivity index (χ4v) is 2.09. The number of methoxy groups -OCH3 is 1. The first-order valence-electron chi connectivity index (χ1n) is 7.79. The van der Waals surface area contributed by atoms with Crippen LogP contribution in [0.4, 0.5) is 11.4 Å². The Bertz CT molecular complexity index is 755. The van der Waals surface area contributed by atoms with Gasteiger partial charge in [-0.3, -0.25) is 4.99 Å². The topological polar surface area (TPSA) is 71.4 Å². The molecule has 25 heavy (non-hydrogen) atoms. The van der Waals surface area contributed by atoms with Gasteiger partial charge in [0.25, 0.3) is 0 Å². The Morgan fingerprint density at radius 3 is 2.40 bits per heavy atom. The molecule has 6 nitrogen and oxygen atoms in total. The number of carboxylic acid groups (broad SMARTS) is 1. The normalized spacial score (nSPS) is 12.0. The first kappa shape index (κ1) is 18.3. The number of hydrogen-bond donors (Lipinski definition) is 1. The highest BCUT2D eigenvalue weighted by Gasteiger charge is 2.15. The van der Waals surface area contributed by atoms with Crippen LogP contribution in [0.15, 0.2) is 47.5 Å². The van der Waals surface area contributed by atoms with Crippen LogP contribution in [0, 0.1) is 0 Å². The van der Waals surface area contributed by atoms with Crippen molar-refractivity contribution in [3.05, 3.63) is 48.0 Å². The highest BCUT2D eigenvalue weighted by atomic mass is 16.5. The zero-order valence-electron chi connectivity index (χ0n) is 14.8. The van der Waals surface area contributed by atoms with Gasteiger partial charge < -0.3 is 19.5 Å². The van der Waals surface area contributed by atoms with E-state index in [1.165, 1.54) is 14.0 Å². The summed E-state index contributed by atoms with van der Waals surface area (Å²) < 4.78 is 10.7. The molecule has 6 heteroatoms. The highest BCUT2D eigenvalue weighted by Crippen LogP contribution is 2.29. The van der Waals surface area contributed by atoms with Crippen molar-refractivity contribution < 1.29 is 19.4 Å². The number of benzene rings is 2. The van der Waals surface area contributed by atoms with Gasteiger partial charge in [0.05, 0.1) is 12.8 Å². The summed E-state index contributed by atoms with van der Waals surface area (Å²) in [4.78, 5) is 17.4. The van der Waals surface area contributed by atoms with Crippen molar-refractivity contribution in [3.8, 4) is 11.5 Å². The third-order valence-electron chi connectivity index (χ3n) is 3.57. The van der Waals surface area contributed by atoms with Crippen LogP contribution >= 0.6 is 0 Å². The maximum absolute atomic E-state index is 10.9. The van der Waals surface area contributed by atoms with Crippen LogP contribution in [-0.4, -0.2) is 44.6 Å². The number of aliphatic carboxylic acids is 1. The number of carboxylic acids is 1.